The summed E-state index contributed by atoms with van der Waals surface area (Å²) >= 11 is 0. The van der Waals surface area contributed by atoms with Crippen LogP contribution in [0.3, 0.4) is 0 Å². The fourth-order valence-corrected chi connectivity index (χ4v) is 0.958. The molecule has 0 radical (unpaired) electrons. The molecule has 1 fully saturated rings. The maximum absolute atomic E-state index is 11.2. The standard InChI is InChI=1S/C9H15NO2/c1-7(2)8(11)5-10-6-12-9(10,3)4/h1,5-6H2,2-4H3. The van der Waals surface area contributed by atoms with Crippen LogP contribution in [0.1, 0.15) is 20.8 Å². The van der Waals surface area contributed by atoms with Gasteiger partial charge in [0.1, 0.15) is 12.5 Å². The van der Waals surface area contributed by atoms with Gasteiger partial charge < -0.3 is 4.74 Å². The van der Waals surface area contributed by atoms with E-state index >= 15 is 0 Å². The second-order valence-corrected chi connectivity index (χ2v) is 3.62. The molecule has 0 bridgehead atoms. The van der Waals surface area contributed by atoms with Crippen LogP contribution < -0.4 is 0 Å². The highest BCUT2D eigenvalue weighted by Crippen LogP contribution is 2.25. The second kappa shape index (κ2) is 2.99. The molecule has 68 valence electrons. The van der Waals surface area contributed by atoms with Gasteiger partial charge in [-0.05, 0) is 26.3 Å². The molecule has 3 heteroatoms. The van der Waals surface area contributed by atoms with Crippen molar-refractivity contribution in [2.75, 3.05) is 13.3 Å². The van der Waals surface area contributed by atoms with E-state index in [1.807, 2.05) is 18.7 Å². The molecule has 0 aromatic carbocycles. The molecule has 0 aliphatic carbocycles. The van der Waals surface area contributed by atoms with Gasteiger partial charge in [-0.1, -0.05) is 6.58 Å². The summed E-state index contributed by atoms with van der Waals surface area (Å²) in [5, 5.41) is 0. The normalized spacial score (nSPS) is 21.6. The van der Waals surface area contributed by atoms with Crippen molar-refractivity contribution in [1.82, 2.24) is 4.90 Å². The third kappa shape index (κ3) is 1.73. The Morgan fingerprint density at radius 2 is 2.25 bits per heavy atom. The van der Waals surface area contributed by atoms with Gasteiger partial charge in [0.2, 0.25) is 0 Å². The Morgan fingerprint density at radius 3 is 2.50 bits per heavy atom. The van der Waals surface area contributed by atoms with Crippen LogP contribution in [0, 0.1) is 0 Å². The molecule has 0 spiro atoms. The predicted molar refractivity (Wildman–Crippen MR) is 46.6 cm³/mol. The molecule has 0 amide bonds. The molecule has 1 rings (SSSR count). The van der Waals surface area contributed by atoms with E-state index in [-0.39, 0.29) is 11.5 Å². The first-order chi connectivity index (χ1) is 5.43. The van der Waals surface area contributed by atoms with Crippen molar-refractivity contribution in [3.8, 4) is 0 Å². The van der Waals surface area contributed by atoms with E-state index in [1.165, 1.54) is 0 Å². The topological polar surface area (TPSA) is 29.5 Å². The van der Waals surface area contributed by atoms with Gasteiger partial charge in [0.05, 0.1) is 6.54 Å². The third-order valence-electron chi connectivity index (χ3n) is 2.15. The monoisotopic (exact) mass is 169 g/mol. The molecule has 0 unspecified atom stereocenters. The van der Waals surface area contributed by atoms with Gasteiger partial charge in [0.25, 0.3) is 0 Å². The molecule has 12 heavy (non-hydrogen) atoms. The van der Waals surface area contributed by atoms with Crippen molar-refractivity contribution < 1.29 is 9.53 Å². The summed E-state index contributed by atoms with van der Waals surface area (Å²) in [6.45, 7) is 10.2. The lowest BCUT2D eigenvalue weighted by molar-refractivity contribution is -0.277. The SMILES string of the molecule is C=C(C)C(=O)CN1COC1(C)C. The van der Waals surface area contributed by atoms with Crippen LogP contribution in [0.5, 0.6) is 0 Å². The minimum Gasteiger partial charge on any atom is -0.345 e. The smallest absolute Gasteiger partial charge is 0.172 e. The van der Waals surface area contributed by atoms with E-state index < -0.39 is 0 Å². The number of nitrogens with zero attached hydrogens (tertiary/aromatic N) is 1. The van der Waals surface area contributed by atoms with Gasteiger partial charge in [-0.3, -0.25) is 4.79 Å². The molecule has 0 N–H and O–H groups in total. The van der Waals surface area contributed by atoms with Gasteiger partial charge in [0, 0.05) is 0 Å². The number of Topliss-reactive ketones (excluding diaryl/α,β-unsaturated/α-hetero) is 1. The molecule has 1 saturated heterocycles. The number of carbonyl (C=O) groups is 1. The number of hydrogen-bond donors (Lipinski definition) is 0. The van der Waals surface area contributed by atoms with Crippen molar-refractivity contribution in [1.29, 1.82) is 0 Å². The lowest BCUT2D eigenvalue weighted by Crippen LogP contribution is -2.59. The van der Waals surface area contributed by atoms with E-state index in [2.05, 4.69) is 6.58 Å². The fourth-order valence-electron chi connectivity index (χ4n) is 0.958. The summed E-state index contributed by atoms with van der Waals surface area (Å²) in [4.78, 5) is 13.2. The van der Waals surface area contributed by atoms with Crippen LogP contribution in [0.2, 0.25) is 0 Å². The van der Waals surface area contributed by atoms with Gasteiger partial charge in [-0.25, -0.2) is 4.90 Å². The summed E-state index contributed by atoms with van der Waals surface area (Å²) in [6, 6.07) is 0. The van der Waals surface area contributed by atoms with Crippen molar-refractivity contribution >= 4 is 5.78 Å². The van der Waals surface area contributed by atoms with E-state index in [9.17, 15) is 4.79 Å². The Labute approximate surface area is 73.0 Å². The first-order valence-electron chi connectivity index (χ1n) is 4.01. The van der Waals surface area contributed by atoms with Crippen LogP contribution in [-0.4, -0.2) is 29.7 Å². The van der Waals surface area contributed by atoms with E-state index in [0.717, 1.165) is 0 Å². The molecular formula is C9H15NO2. The maximum atomic E-state index is 11.2. The Kier molecular flexibility index (Phi) is 2.35. The second-order valence-electron chi connectivity index (χ2n) is 3.62. The van der Waals surface area contributed by atoms with Crippen molar-refractivity contribution in [3.05, 3.63) is 12.2 Å². The number of rotatable bonds is 3. The summed E-state index contributed by atoms with van der Waals surface area (Å²) in [5.41, 5.74) is 0.336. The summed E-state index contributed by atoms with van der Waals surface area (Å²) < 4.78 is 5.26. The fraction of sp³-hybridized carbons (Fsp3) is 0.667. The molecule has 0 aromatic rings. The van der Waals surface area contributed by atoms with Gasteiger partial charge in [-0.15, -0.1) is 0 Å². The molecule has 1 heterocycles. The maximum Gasteiger partial charge on any atom is 0.172 e. The van der Waals surface area contributed by atoms with Gasteiger partial charge >= 0.3 is 0 Å². The number of carbonyl (C=O) groups excluding carboxylic acids is 1. The van der Waals surface area contributed by atoms with E-state index in [0.29, 0.717) is 18.8 Å². The average molecular weight is 169 g/mol. The number of hydrogen-bond acceptors (Lipinski definition) is 3. The first-order valence-corrected chi connectivity index (χ1v) is 4.01. The van der Waals surface area contributed by atoms with Gasteiger partial charge in [0.15, 0.2) is 5.78 Å². The molecular weight excluding hydrogens is 154 g/mol. The number of ketones is 1. The Balaban J connectivity index is 2.43. The molecule has 0 saturated carbocycles. The van der Waals surface area contributed by atoms with Crippen molar-refractivity contribution in [2.24, 2.45) is 0 Å². The molecule has 3 nitrogen and oxygen atoms in total. The molecule has 1 aliphatic heterocycles. The Bertz CT molecular complexity index is 221. The zero-order chi connectivity index (χ0) is 9.35. The highest BCUT2D eigenvalue weighted by molar-refractivity contribution is 5.95. The van der Waals surface area contributed by atoms with Crippen LogP contribution in [0.15, 0.2) is 12.2 Å². The summed E-state index contributed by atoms with van der Waals surface area (Å²) in [6.07, 6.45) is 0. The highest BCUT2D eigenvalue weighted by atomic mass is 16.6. The van der Waals surface area contributed by atoms with Crippen LogP contribution in [0.25, 0.3) is 0 Å². The lowest BCUT2D eigenvalue weighted by Gasteiger charge is -2.47. The molecule has 0 aromatic heterocycles. The third-order valence-corrected chi connectivity index (χ3v) is 2.15. The Hall–Kier alpha value is -0.670. The number of ether oxygens (including phenoxy) is 1. The Morgan fingerprint density at radius 1 is 1.67 bits per heavy atom. The van der Waals surface area contributed by atoms with Gasteiger partial charge in [-0.2, -0.15) is 0 Å². The minimum absolute atomic E-state index is 0.0892. The lowest BCUT2D eigenvalue weighted by atomic mass is 10.1. The first kappa shape index (κ1) is 9.42. The zero-order valence-electron chi connectivity index (χ0n) is 7.89. The predicted octanol–water partition coefficient (Wildman–Crippen LogP) is 1.16. The molecule has 0 atom stereocenters. The van der Waals surface area contributed by atoms with Crippen LogP contribution in [0.4, 0.5) is 0 Å². The quantitative estimate of drug-likeness (QED) is 0.594. The van der Waals surface area contributed by atoms with Crippen LogP contribution in [-0.2, 0) is 9.53 Å². The van der Waals surface area contributed by atoms with E-state index in [4.69, 9.17) is 4.74 Å². The zero-order valence-corrected chi connectivity index (χ0v) is 7.89. The largest absolute Gasteiger partial charge is 0.345 e. The molecule has 1 aliphatic rings. The average Bonchev–Trinajstić information content (AvgIpc) is 1.97. The summed E-state index contributed by atoms with van der Waals surface area (Å²) in [7, 11) is 0. The van der Waals surface area contributed by atoms with Crippen molar-refractivity contribution in [3.63, 3.8) is 0 Å². The van der Waals surface area contributed by atoms with Crippen LogP contribution >= 0.6 is 0 Å². The minimum atomic E-state index is -0.273. The van der Waals surface area contributed by atoms with Crippen molar-refractivity contribution in [2.45, 2.75) is 26.5 Å². The highest BCUT2D eigenvalue weighted by Gasteiger charge is 2.37. The summed E-state index contributed by atoms with van der Waals surface area (Å²) in [5.74, 6) is 0.0892. The van der Waals surface area contributed by atoms with E-state index in [1.54, 1.807) is 6.92 Å².